The molecular formula is C17H21NO2. The van der Waals surface area contributed by atoms with Crippen molar-refractivity contribution in [2.45, 2.75) is 40.5 Å². The largest absolute Gasteiger partial charge is 0.274 e. The number of aryl methyl sites for hydroxylation is 1. The van der Waals surface area contributed by atoms with E-state index in [0.29, 0.717) is 0 Å². The maximum absolute atomic E-state index is 13.0. The standard InChI is InChI=1S/C17H21NO2/c1-11-7-5-6-8-13(11)18-14(19)12-9-10-17(4,15(18)20)16(12,2)3/h5-8,12H,9-10H2,1-4H3/t12-,17+/m0/s1. The lowest BCUT2D eigenvalue weighted by Crippen LogP contribution is -2.59. The molecule has 1 saturated carbocycles. The predicted molar refractivity (Wildman–Crippen MR) is 78.3 cm³/mol. The quantitative estimate of drug-likeness (QED) is 0.735. The van der Waals surface area contributed by atoms with E-state index in [2.05, 4.69) is 13.8 Å². The normalized spacial score (nSPS) is 31.8. The summed E-state index contributed by atoms with van der Waals surface area (Å²) in [6.07, 6.45) is 1.62. The van der Waals surface area contributed by atoms with Crippen molar-refractivity contribution in [3.05, 3.63) is 29.8 Å². The summed E-state index contributed by atoms with van der Waals surface area (Å²) in [5.41, 5.74) is 1.03. The van der Waals surface area contributed by atoms with E-state index in [-0.39, 0.29) is 23.1 Å². The fourth-order valence-corrected chi connectivity index (χ4v) is 3.86. The van der Waals surface area contributed by atoms with Gasteiger partial charge in [0, 0.05) is 5.92 Å². The Kier molecular flexibility index (Phi) is 2.63. The summed E-state index contributed by atoms with van der Waals surface area (Å²) in [7, 11) is 0. The van der Waals surface area contributed by atoms with Gasteiger partial charge in [-0.15, -0.1) is 0 Å². The minimum absolute atomic E-state index is 0.0238. The van der Waals surface area contributed by atoms with Crippen LogP contribution >= 0.6 is 0 Å². The number of carbonyl (C=O) groups excluding carboxylic acids is 2. The molecule has 1 aliphatic carbocycles. The highest BCUT2D eigenvalue weighted by Gasteiger charge is 2.64. The van der Waals surface area contributed by atoms with Crippen LogP contribution in [-0.2, 0) is 9.59 Å². The molecule has 2 bridgehead atoms. The maximum Gasteiger partial charge on any atom is 0.240 e. The number of hydrogen-bond acceptors (Lipinski definition) is 2. The van der Waals surface area contributed by atoms with Crippen molar-refractivity contribution in [2.75, 3.05) is 4.90 Å². The fraction of sp³-hybridized carbons (Fsp3) is 0.529. The molecule has 0 N–H and O–H groups in total. The van der Waals surface area contributed by atoms with Crippen LogP contribution in [-0.4, -0.2) is 11.8 Å². The third kappa shape index (κ3) is 1.41. The van der Waals surface area contributed by atoms with Gasteiger partial charge in [0.15, 0.2) is 0 Å². The van der Waals surface area contributed by atoms with Crippen LogP contribution < -0.4 is 4.90 Å². The lowest BCUT2D eigenvalue weighted by molar-refractivity contribution is -0.146. The number of rotatable bonds is 1. The van der Waals surface area contributed by atoms with Gasteiger partial charge < -0.3 is 0 Å². The Morgan fingerprint density at radius 2 is 1.80 bits per heavy atom. The van der Waals surface area contributed by atoms with Crippen LogP contribution in [0.25, 0.3) is 0 Å². The molecule has 0 aromatic heterocycles. The molecule has 2 atom stereocenters. The molecule has 3 rings (SSSR count). The second-order valence-electron chi connectivity index (χ2n) is 6.91. The number of para-hydroxylation sites is 1. The van der Waals surface area contributed by atoms with E-state index in [1.807, 2.05) is 38.1 Å². The molecule has 1 aromatic rings. The molecule has 1 aromatic carbocycles. The van der Waals surface area contributed by atoms with Crippen LogP contribution in [0, 0.1) is 23.7 Å². The summed E-state index contributed by atoms with van der Waals surface area (Å²) in [4.78, 5) is 27.2. The highest BCUT2D eigenvalue weighted by Crippen LogP contribution is 2.60. The van der Waals surface area contributed by atoms with E-state index >= 15 is 0 Å². The van der Waals surface area contributed by atoms with Crippen LogP contribution in [0.15, 0.2) is 24.3 Å². The summed E-state index contributed by atoms with van der Waals surface area (Å²) in [6, 6.07) is 7.62. The predicted octanol–water partition coefficient (Wildman–Crippen LogP) is 3.31. The zero-order valence-corrected chi connectivity index (χ0v) is 12.6. The molecule has 1 aliphatic heterocycles. The molecule has 2 aliphatic rings. The van der Waals surface area contributed by atoms with Gasteiger partial charge in [0.1, 0.15) is 0 Å². The van der Waals surface area contributed by atoms with Gasteiger partial charge in [-0.05, 0) is 36.8 Å². The summed E-state index contributed by atoms with van der Waals surface area (Å²) in [5, 5.41) is 0. The first-order valence-corrected chi connectivity index (χ1v) is 7.25. The maximum atomic E-state index is 13.0. The van der Waals surface area contributed by atoms with Crippen LogP contribution in [0.3, 0.4) is 0 Å². The molecule has 2 fully saturated rings. The van der Waals surface area contributed by atoms with Gasteiger partial charge in [-0.1, -0.05) is 39.0 Å². The SMILES string of the molecule is Cc1ccccc1N1C(=O)[C@@H]2CC[C@](C)(C1=O)C2(C)C. The Labute approximate surface area is 120 Å². The summed E-state index contributed by atoms with van der Waals surface area (Å²) in [5.74, 6) is -0.107. The number of imide groups is 1. The van der Waals surface area contributed by atoms with Gasteiger partial charge in [0.2, 0.25) is 11.8 Å². The van der Waals surface area contributed by atoms with Gasteiger partial charge in [0.05, 0.1) is 11.1 Å². The first kappa shape index (κ1) is 13.3. The highest BCUT2D eigenvalue weighted by atomic mass is 16.2. The van der Waals surface area contributed by atoms with Crippen molar-refractivity contribution in [3.8, 4) is 0 Å². The number of carbonyl (C=O) groups is 2. The van der Waals surface area contributed by atoms with E-state index in [9.17, 15) is 9.59 Å². The Bertz CT molecular complexity index is 605. The van der Waals surface area contributed by atoms with Crippen molar-refractivity contribution in [3.63, 3.8) is 0 Å². The molecule has 0 unspecified atom stereocenters. The van der Waals surface area contributed by atoms with E-state index in [0.717, 1.165) is 24.1 Å². The topological polar surface area (TPSA) is 37.4 Å². The van der Waals surface area contributed by atoms with E-state index in [1.54, 1.807) is 0 Å². The van der Waals surface area contributed by atoms with Gasteiger partial charge >= 0.3 is 0 Å². The van der Waals surface area contributed by atoms with Gasteiger partial charge in [-0.3, -0.25) is 9.59 Å². The molecule has 3 heteroatoms. The first-order chi connectivity index (χ1) is 9.30. The molecule has 2 amide bonds. The van der Waals surface area contributed by atoms with Crippen molar-refractivity contribution in [1.29, 1.82) is 0 Å². The molecule has 1 saturated heterocycles. The monoisotopic (exact) mass is 271 g/mol. The Balaban J connectivity index is 2.15. The minimum atomic E-state index is -0.437. The van der Waals surface area contributed by atoms with E-state index < -0.39 is 5.41 Å². The number of anilines is 1. The zero-order chi connectivity index (χ0) is 14.7. The number of benzene rings is 1. The van der Waals surface area contributed by atoms with Gasteiger partial charge in [-0.25, -0.2) is 4.90 Å². The average Bonchev–Trinajstić information content (AvgIpc) is 2.57. The van der Waals surface area contributed by atoms with Gasteiger partial charge in [0.25, 0.3) is 0 Å². The second-order valence-corrected chi connectivity index (χ2v) is 6.91. The third-order valence-corrected chi connectivity index (χ3v) is 5.78. The molecular weight excluding hydrogens is 250 g/mol. The Morgan fingerprint density at radius 1 is 1.15 bits per heavy atom. The van der Waals surface area contributed by atoms with Crippen molar-refractivity contribution in [2.24, 2.45) is 16.7 Å². The zero-order valence-electron chi connectivity index (χ0n) is 12.6. The average molecular weight is 271 g/mol. The molecule has 0 radical (unpaired) electrons. The molecule has 1 heterocycles. The summed E-state index contributed by atoms with van der Waals surface area (Å²) >= 11 is 0. The van der Waals surface area contributed by atoms with Crippen LogP contribution in [0.5, 0.6) is 0 Å². The fourth-order valence-electron chi connectivity index (χ4n) is 3.86. The van der Waals surface area contributed by atoms with Crippen molar-refractivity contribution < 1.29 is 9.59 Å². The van der Waals surface area contributed by atoms with Crippen LogP contribution in [0.1, 0.15) is 39.2 Å². The Hall–Kier alpha value is -1.64. The van der Waals surface area contributed by atoms with Crippen LogP contribution in [0.2, 0.25) is 0 Å². The van der Waals surface area contributed by atoms with Crippen molar-refractivity contribution in [1.82, 2.24) is 0 Å². The summed E-state index contributed by atoms with van der Waals surface area (Å²) in [6.45, 7) is 8.10. The minimum Gasteiger partial charge on any atom is -0.274 e. The molecule has 106 valence electrons. The lowest BCUT2D eigenvalue weighted by atomic mass is 9.62. The number of nitrogens with zero attached hydrogens (tertiary/aromatic N) is 1. The van der Waals surface area contributed by atoms with Crippen molar-refractivity contribution >= 4 is 17.5 Å². The first-order valence-electron chi connectivity index (χ1n) is 7.25. The number of fused-ring (bicyclic) bond motifs is 2. The van der Waals surface area contributed by atoms with E-state index in [1.165, 1.54) is 4.90 Å². The number of piperidine rings is 1. The third-order valence-electron chi connectivity index (χ3n) is 5.78. The lowest BCUT2D eigenvalue weighted by Gasteiger charge is -2.47. The molecule has 3 nitrogen and oxygen atoms in total. The number of hydrogen-bond donors (Lipinski definition) is 0. The Morgan fingerprint density at radius 3 is 2.45 bits per heavy atom. The van der Waals surface area contributed by atoms with E-state index in [4.69, 9.17) is 0 Å². The smallest absolute Gasteiger partial charge is 0.240 e. The van der Waals surface area contributed by atoms with Gasteiger partial charge in [-0.2, -0.15) is 0 Å². The molecule has 20 heavy (non-hydrogen) atoms. The number of amides is 2. The summed E-state index contributed by atoms with van der Waals surface area (Å²) < 4.78 is 0. The second kappa shape index (κ2) is 3.94. The highest BCUT2D eigenvalue weighted by molar-refractivity contribution is 6.20. The van der Waals surface area contributed by atoms with Crippen LogP contribution in [0.4, 0.5) is 5.69 Å². The molecule has 0 spiro atoms.